The van der Waals surface area contributed by atoms with Gasteiger partial charge in [-0.1, -0.05) is 31.2 Å². The van der Waals surface area contributed by atoms with Crippen molar-refractivity contribution in [2.75, 3.05) is 13.1 Å². The molecule has 1 saturated heterocycles. The number of aryl methyl sites for hydroxylation is 1. The summed E-state index contributed by atoms with van der Waals surface area (Å²) in [5, 5.41) is 2.94. The molecule has 0 aromatic heterocycles. The molecule has 1 heterocycles. The number of benzene rings is 2. The Morgan fingerprint density at radius 2 is 1.79 bits per heavy atom. The first-order valence-electron chi connectivity index (χ1n) is 9.41. The van der Waals surface area contributed by atoms with E-state index in [0.29, 0.717) is 25.5 Å². The van der Waals surface area contributed by atoms with E-state index < -0.39 is 32.0 Å². The van der Waals surface area contributed by atoms with Gasteiger partial charge in [0.2, 0.25) is 15.9 Å². The van der Waals surface area contributed by atoms with Crippen LogP contribution in [0.1, 0.15) is 30.9 Å². The van der Waals surface area contributed by atoms with Crippen LogP contribution in [0.3, 0.4) is 0 Å². The van der Waals surface area contributed by atoms with Gasteiger partial charge in [0.05, 0.1) is 0 Å². The Kier molecular flexibility index (Phi) is 6.05. The lowest BCUT2D eigenvalue weighted by molar-refractivity contribution is -0.132. The lowest BCUT2D eigenvalue weighted by Gasteiger charge is -2.37. The molecular formula is C21H24F2N2O3S. The Morgan fingerprint density at radius 3 is 2.41 bits per heavy atom. The number of piperidine rings is 1. The molecule has 1 amide bonds. The Morgan fingerprint density at radius 1 is 1.14 bits per heavy atom. The van der Waals surface area contributed by atoms with Gasteiger partial charge < -0.3 is 5.32 Å². The predicted octanol–water partition coefficient (Wildman–Crippen LogP) is 3.38. The highest BCUT2D eigenvalue weighted by Gasteiger charge is 2.40. The van der Waals surface area contributed by atoms with E-state index in [1.807, 2.05) is 38.1 Å². The molecule has 156 valence electrons. The van der Waals surface area contributed by atoms with Crippen LogP contribution in [0.2, 0.25) is 0 Å². The van der Waals surface area contributed by atoms with Crippen molar-refractivity contribution in [2.45, 2.75) is 38.1 Å². The molecule has 1 fully saturated rings. The summed E-state index contributed by atoms with van der Waals surface area (Å²) >= 11 is 0. The third kappa shape index (κ3) is 4.48. The fourth-order valence-electron chi connectivity index (χ4n) is 3.47. The van der Waals surface area contributed by atoms with Crippen molar-refractivity contribution in [3.8, 4) is 0 Å². The molecule has 0 aliphatic carbocycles. The minimum absolute atomic E-state index is 0.0907. The number of sulfonamides is 1. The van der Waals surface area contributed by atoms with E-state index in [2.05, 4.69) is 5.32 Å². The number of nitrogens with one attached hydrogen (secondary N) is 1. The zero-order valence-electron chi connectivity index (χ0n) is 16.4. The number of hydrogen-bond donors (Lipinski definition) is 1. The van der Waals surface area contributed by atoms with E-state index in [9.17, 15) is 22.0 Å². The molecule has 1 aliphatic heterocycles. The van der Waals surface area contributed by atoms with Crippen molar-refractivity contribution in [2.24, 2.45) is 5.41 Å². The van der Waals surface area contributed by atoms with Crippen molar-refractivity contribution in [1.82, 2.24) is 9.62 Å². The highest BCUT2D eigenvalue weighted by molar-refractivity contribution is 7.89. The molecule has 0 bridgehead atoms. The van der Waals surface area contributed by atoms with E-state index >= 15 is 0 Å². The van der Waals surface area contributed by atoms with Crippen LogP contribution in [0.4, 0.5) is 8.78 Å². The molecule has 0 spiro atoms. The lowest BCUT2D eigenvalue weighted by atomic mass is 9.80. The fraction of sp³-hybridized carbons (Fsp3) is 0.381. The van der Waals surface area contributed by atoms with Gasteiger partial charge in [0, 0.05) is 31.1 Å². The molecule has 2 aromatic carbocycles. The van der Waals surface area contributed by atoms with E-state index in [0.717, 1.165) is 27.6 Å². The first-order valence-corrected chi connectivity index (χ1v) is 10.9. The van der Waals surface area contributed by atoms with Crippen LogP contribution in [-0.2, 0) is 21.4 Å². The van der Waals surface area contributed by atoms with Crippen LogP contribution in [0.15, 0.2) is 47.4 Å². The highest BCUT2D eigenvalue weighted by atomic mass is 32.2. The maximum atomic E-state index is 14.0. The minimum Gasteiger partial charge on any atom is -0.352 e. The van der Waals surface area contributed by atoms with Crippen molar-refractivity contribution in [3.63, 3.8) is 0 Å². The average molecular weight is 422 g/mol. The summed E-state index contributed by atoms with van der Waals surface area (Å²) in [4.78, 5) is 12.2. The molecule has 8 heteroatoms. The zero-order valence-corrected chi connectivity index (χ0v) is 17.2. The molecule has 0 radical (unpaired) electrons. The van der Waals surface area contributed by atoms with Crippen molar-refractivity contribution < 1.29 is 22.0 Å². The minimum atomic E-state index is -4.09. The van der Waals surface area contributed by atoms with Crippen molar-refractivity contribution in [1.29, 1.82) is 0 Å². The second kappa shape index (κ2) is 8.20. The van der Waals surface area contributed by atoms with Gasteiger partial charge in [0.25, 0.3) is 0 Å². The standard InChI is InChI=1S/C21H24F2N2O3S/c1-15-5-3-4-6-16(15)14-24-20(26)21(2)9-11-25(12-10-21)29(27,28)19-8-7-17(22)13-18(19)23/h3-8,13H,9-12,14H2,1-2H3,(H,24,26). The first-order chi connectivity index (χ1) is 13.6. The molecule has 3 rings (SSSR count). The molecular weight excluding hydrogens is 398 g/mol. The van der Waals surface area contributed by atoms with Gasteiger partial charge in [-0.25, -0.2) is 17.2 Å². The Balaban J connectivity index is 1.65. The number of amides is 1. The summed E-state index contributed by atoms with van der Waals surface area (Å²) in [6.45, 7) is 4.37. The van der Waals surface area contributed by atoms with E-state index in [1.54, 1.807) is 0 Å². The van der Waals surface area contributed by atoms with Crippen LogP contribution < -0.4 is 5.32 Å². The number of carbonyl (C=O) groups excluding carboxylic acids is 1. The van der Waals surface area contributed by atoms with Crippen LogP contribution in [0.5, 0.6) is 0 Å². The van der Waals surface area contributed by atoms with Crippen LogP contribution >= 0.6 is 0 Å². The summed E-state index contributed by atoms with van der Waals surface area (Å²) < 4.78 is 53.6. The summed E-state index contributed by atoms with van der Waals surface area (Å²) in [6, 6.07) is 10.2. The van der Waals surface area contributed by atoms with Crippen LogP contribution in [-0.4, -0.2) is 31.7 Å². The Hall–Kier alpha value is -2.32. The van der Waals surface area contributed by atoms with Crippen molar-refractivity contribution in [3.05, 3.63) is 65.2 Å². The Bertz CT molecular complexity index is 1020. The molecule has 1 N–H and O–H groups in total. The quantitative estimate of drug-likeness (QED) is 0.803. The fourth-order valence-corrected chi connectivity index (χ4v) is 4.95. The molecule has 29 heavy (non-hydrogen) atoms. The van der Waals surface area contributed by atoms with Gasteiger partial charge >= 0.3 is 0 Å². The lowest BCUT2D eigenvalue weighted by Crippen LogP contribution is -2.48. The number of hydrogen-bond acceptors (Lipinski definition) is 3. The van der Waals surface area contributed by atoms with Gasteiger partial charge in [0.1, 0.15) is 16.5 Å². The number of nitrogens with zero attached hydrogens (tertiary/aromatic N) is 1. The van der Waals surface area contributed by atoms with Gasteiger partial charge in [0.15, 0.2) is 0 Å². The first kappa shape index (κ1) is 21.4. The maximum absolute atomic E-state index is 14.0. The summed E-state index contributed by atoms with van der Waals surface area (Å²) in [7, 11) is -4.09. The predicted molar refractivity (Wildman–Crippen MR) is 105 cm³/mol. The molecule has 0 unspecified atom stereocenters. The number of carbonyl (C=O) groups is 1. The summed E-state index contributed by atoms with van der Waals surface area (Å²) in [6.07, 6.45) is 0.628. The van der Waals surface area contributed by atoms with Crippen molar-refractivity contribution >= 4 is 15.9 Å². The van der Waals surface area contributed by atoms with Gasteiger partial charge in [-0.15, -0.1) is 0 Å². The summed E-state index contributed by atoms with van der Waals surface area (Å²) in [5.41, 5.74) is 1.40. The third-order valence-corrected chi connectivity index (χ3v) is 7.52. The van der Waals surface area contributed by atoms with Gasteiger partial charge in [-0.05, 0) is 43.0 Å². The second-order valence-electron chi connectivity index (χ2n) is 7.65. The average Bonchev–Trinajstić information content (AvgIpc) is 2.67. The Labute approximate surface area is 169 Å². The second-order valence-corrected chi connectivity index (χ2v) is 9.56. The molecule has 5 nitrogen and oxygen atoms in total. The molecule has 1 aliphatic rings. The summed E-state index contributed by atoms with van der Waals surface area (Å²) in [5.74, 6) is -2.09. The largest absolute Gasteiger partial charge is 0.352 e. The van der Waals surface area contributed by atoms with Gasteiger partial charge in [-0.3, -0.25) is 4.79 Å². The topological polar surface area (TPSA) is 66.5 Å². The van der Waals surface area contributed by atoms with Gasteiger partial charge in [-0.2, -0.15) is 4.31 Å². The van der Waals surface area contributed by atoms with E-state index in [-0.39, 0.29) is 19.0 Å². The smallest absolute Gasteiger partial charge is 0.245 e. The molecule has 0 atom stereocenters. The zero-order chi connectivity index (χ0) is 21.2. The highest BCUT2D eigenvalue weighted by Crippen LogP contribution is 2.34. The maximum Gasteiger partial charge on any atom is 0.245 e. The SMILES string of the molecule is Cc1ccccc1CNC(=O)C1(C)CCN(S(=O)(=O)c2ccc(F)cc2F)CC1. The number of rotatable bonds is 5. The third-order valence-electron chi connectivity index (χ3n) is 5.59. The number of halogens is 2. The van der Waals surface area contributed by atoms with Crippen LogP contribution in [0, 0.1) is 24.0 Å². The monoisotopic (exact) mass is 422 g/mol. The van der Waals surface area contributed by atoms with E-state index in [4.69, 9.17) is 0 Å². The molecule has 2 aromatic rings. The van der Waals surface area contributed by atoms with E-state index in [1.165, 1.54) is 0 Å². The van der Waals surface area contributed by atoms with Crippen LogP contribution in [0.25, 0.3) is 0 Å². The molecule has 0 saturated carbocycles. The normalized spacial score (nSPS) is 17.1.